The largest absolute Gasteiger partial charge is 0.352 e. The van der Waals surface area contributed by atoms with E-state index in [1.807, 2.05) is 11.0 Å². The molecule has 0 aromatic heterocycles. The fourth-order valence-corrected chi connectivity index (χ4v) is 3.26. The lowest BCUT2D eigenvalue weighted by atomic mass is 10.2. The first-order valence-corrected chi connectivity index (χ1v) is 9.90. The highest BCUT2D eigenvalue weighted by Crippen LogP contribution is 2.10. The molecule has 0 saturated carbocycles. The number of benzene rings is 2. The van der Waals surface area contributed by atoms with Gasteiger partial charge in [0.1, 0.15) is 5.82 Å². The van der Waals surface area contributed by atoms with Crippen LogP contribution in [-0.4, -0.2) is 66.8 Å². The highest BCUT2D eigenvalue weighted by Gasteiger charge is 2.22. The summed E-state index contributed by atoms with van der Waals surface area (Å²) in [5.74, 6) is -0.839. The molecule has 3 rings (SSSR count). The first-order valence-electron chi connectivity index (χ1n) is 9.90. The van der Waals surface area contributed by atoms with Gasteiger partial charge in [-0.2, -0.15) is 0 Å². The number of hydrogen-bond acceptors (Lipinski definition) is 4. The van der Waals surface area contributed by atoms with Crippen LogP contribution in [0.25, 0.3) is 0 Å². The Hall–Kier alpha value is -3.26. The predicted molar refractivity (Wildman–Crippen MR) is 111 cm³/mol. The number of rotatable bonds is 7. The van der Waals surface area contributed by atoms with Gasteiger partial charge in [0.25, 0.3) is 5.91 Å². The van der Waals surface area contributed by atoms with Crippen molar-refractivity contribution in [2.45, 2.75) is 6.42 Å². The molecule has 0 bridgehead atoms. The average molecular weight is 412 g/mol. The molecule has 1 aliphatic heterocycles. The molecule has 1 saturated heterocycles. The van der Waals surface area contributed by atoms with E-state index in [0.717, 1.165) is 0 Å². The topological polar surface area (TPSA) is 81.8 Å². The summed E-state index contributed by atoms with van der Waals surface area (Å²) in [4.78, 5) is 40.2. The lowest BCUT2D eigenvalue weighted by molar-refractivity contribution is -0.132. The molecule has 2 aromatic rings. The lowest BCUT2D eigenvalue weighted by Gasteiger charge is -2.34. The second-order valence-electron chi connectivity index (χ2n) is 7.09. The summed E-state index contributed by atoms with van der Waals surface area (Å²) in [7, 11) is 0. The Bertz CT molecular complexity index is 883. The third-order valence-corrected chi connectivity index (χ3v) is 4.86. The van der Waals surface area contributed by atoms with E-state index in [-0.39, 0.29) is 37.2 Å². The molecule has 0 unspecified atom stereocenters. The maximum Gasteiger partial charge on any atom is 0.251 e. The molecule has 0 atom stereocenters. The van der Waals surface area contributed by atoms with Crippen LogP contribution >= 0.6 is 0 Å². The third-order valence-electron chi connectivity index (χ3n) is 4.86. The van der Waals surface area contributed by atoms with Crippen molar-refractivity contribution in [3.8, 4) is 0 Å². The van der Waals surface area contributed by atoms with Crippen LogP contribution in [0.2, 0.25) is 0 Å². The van der Waals surface area contributed by atoms with Gasteiger partial charge in [0.2, 0.25) is 11.8 Å². The predicted octanol–water partition coefficient (Wildman–Crippen LogP) is 1.73. The van der Waals surface area contributed by atoms with Gasteiger partial charge in [-0.1, -0.05) is 24.3 Å². The number of nitrogens with zero attached hydrogens (tertiary/aromatic N) is 2. The van der Waals surface area contributed by atoms with Crippen LogP contribution in [-0.2, 0) is 9.59 Å². The Kier molecular flexibility index (Phi) is 7.51. The van der Waals surface area contributed by atoms with Gasteiger partial charge in [-0.15, -0.1) is 0 Å². The SMILES string of the molecule is O=C(CN1CCN(C(=O)CCNC(=O)c2ccccc2)CC1)Nc1cccc(F)c1. The van der Waals surface area contributed by atoms with Crippen molar-refractivity contribution in [1.29, 1.82) is 0 Å². The normalized spacial score (nSPS) is 14.2. The summed E-state index contributed by atoms with van der Waals surface area (Å²) in [5.41, 5.74) is 0.987. The van der Waals surface area contributed by atoms with Gasteiger partial charge < -0.3 is 15.5 Å². The number of halogens is 1. The number of hydrogen-bond donors (Lipinski definition) is 2. The molecule has 158 valence electrons. The van der Waals surface area contributed by atoms with Crippen LogP contribution in [0, 0.1) is 5.82 Å². The number of anilines is 1. The zero-order valence-corrected chi connectivity index (χ0v) is 16.6. The summed E-state index contributed by atoms with van der Waals surface area (Å²) < 4.78 is 13.2. The summed E-state index contributed by atoms with van der Waals surface area (Å²) >= 11 is 0. The van der Waals surface area contributed by atoms with E-state index in [4.69, 9.17) is 0 Å². The standard InChI is InChI=1S/C22H25FN4O3/c23-18-7-4-8-19(15-18)25-20(28)16-26-11-13-27(14-12-26)21(29)9-10-24-22(30)17-5-2-1-3-6-17/h1-8,15H,9-14,16H2,(H,24,30)(H,25,28). The van der Waals surface area contributed by atoms with Gasteiger partial charge >= 0.3 is 0 Å². The van der Waals surface area contributed by atoms with E-state index in [9.17, 15) is 18.8 Å². The molecule has 1 fully saturated rings. The maximum absolute atomic E-state index is 13.2. The molecule has 2 aromatic carbocycles. The first kappa shape index (κ1) is 21.4. The number of nitrogens with one attached hydrogen (secondary N) is 2. The number of amides is 3. The highest BCUT2D eigenvalue weighted by molar-refractivity contribution is 5.94. The minimum atomic E-state index is -0.403. The Morgan fingerprint density at radius 2 is 1.67 bits per heavy atom. The quantitative estimate of drug-likeness (QED) is 0.726. The maximum atomic E-state index is 13.2. The van der Waals surface area contributed by atoms with Crippen molar-refractivity contribution in [2.75, 3.05) is 44.6 Å². The zero-order chi connectivity index (χ0) is 21.3. The van der Waals surface area contributed by atoms with Crippen molar-refractivity contribution >= 4 is 23.4 Å². The third kappa shape index (κ3) is 6.38. The van der Waals surface area contributed by atoms with Gasteiger partial charge in [-0.3, -0.25) is 19.3 Å². The van der Waals surface area contributed by atoms with Gasteiger partial charge in [0, 0.05) is 50.4 Å². The van der Waals surface area contributed by atoms with Crippen molar-refractivity contribution in [3.05, 3.63) is 66.0 Å². The van der Waals surface area contributed by atoms with Crippen LogP contribution in [0.3, 0.4) is 0 Å². The Morgan fingerprint density at radius 3 is 2.37 bits per heavy atom. The smallest absolute Gasteiger partial charge is 0.251 e. The monoisotopic (exact) mass is 412 g/mol. The van der Waals surface area contributed by atoms with E-state index in [1.165, 1.54) is 18.2 Å². The minimum Gasteiger partial charge on any atom is -0.352 e. The summed E-state index contributed by atoms with van der Waals surface area (Å²) in [5, 5.41) is 5.43. The van der Waals surface area contributed by atoms with Crippen LogP contribution in [0.4, 0.5) is 10.1 Å². The van der Waals surface area contributed by atoms with Gasteiger partial charge in [0.05, 0.1) is 6.54 Å². The van der Waals surface area contributed by atoms with E-state index in [2.05, 4.69) is 10.6 Å². The van der Waals surface area contributed by atoms with E-state index < -0.39 is 5.82 Å². The first-order chi connectivity index (χ1) is 14.5. The van der Waals surface area contributed by atoms with Crippen LogP contribution in [0.15, 0.2) is 54.6 Å². The average Bonchev–Trinajstić information content (AvgIpc) is 2.74. The molecular formula is C22H25FN4O3. The highest BCUT2D eigenvalue weighted by atomic mass is 19.1. The van der Waals surface area contributed by atoms with Crippen molar-refractivity contribution in [1.82, 2.24) is 15.1 Å². The molecule has 1 aliphatic rings. The van der Waals surface area contributed by atoms with E-state index in [1.54, 1.807) is 35.2 Å². The second-order valence-corrected chi connectivity index (χ2v) is 7.09. The molecule has 30 heavy (non-hydrogen) atoms. The van der Waals surface area contributed by atoms with Gasteiger partial charge in [-0.05, 0) is 30.3 Å². The van der Waals surface area contributed by atoms with Crippen LogP contribution in [0.5, 0.6) is 0 Å². The molecule has 1 heterocycles. The Morgan fingerprint density at radius 1 is 0.933 bits per heavy atom. The number of carbonyl (C=O) groups is 3. The lowest BCUT2D eigenvalue weighted by Crippen LogP contribution is -2.50. The molecule has 7 nitrogen and oxygen atoms in total. The van der Waals surface area contributed by atoms with E-state index in [0.29, 0.717) is 37.4 Å². The summed E-state index contributed by atoms with van der Waals surface area (Å²) in [6.07, 6.45) is 0.235. The molecule has 0 aliphatic carbocycles. The molecule has 2 N–H and O–H groups in total. The zero-order valence-electron chi connectivity index (χ0n) is 16.6. The fraction of sp³-hybridized carbons (Fsp3) is 0.318. The fourth-order valence-electron chi connectivity index (χ4n) is 3.26. The van der Waals surface area contributed by atoms with Gasteiger partial charge in [0.15, 0.2) is 0 Å². The number of piperazine rings is 1. The van der Waals surface area contributed by atoms with Gasteiger partial charge in [-0.25, -0.2) is 4.39 Å². The Balaban J connectivity index is 1.35. The van der Waals surface area contributed by atoms with Crippen molar-refractivity contribution < 1.29 is 18.8 Å². The molecule has 0 spiro atoms. The Labute approximate surface area is 174 Å². The second kappa shape index (κ2) is 10.5. The molecule has 8 heteroatoms. The number of carbonyl (C=O) groups excluding carboxylic acids is 3. The van der Waals surface area contributed by atoms with E-state index >= 15 is 0 Å². The molecule has 3 amide bonds. The van der Waals surface area contributed by atoms with Crippen LogP contribution < -0.4 is 10.6 Å². The summed E-state index contributed by atoms with van der Waals surface area (Å²) in [6, 6.07) is 14.6. The van der Waals surface area contributed by atoms with Crippen molar-refractivity contribution in [2.24, 2.45) is 0 Å². The molecule has 0 radical (unpaired) electrons. The van der Waals surface area contributed by atoms with Crippen molar-refractivity contribution in [3.63, 3.8) is 0 Å². The summed E-state index contributed by atoms with van der Waals surface area (Å²) in [6.45, 7) is 2.68. The molecular weight excluding hydrogens is 387 g/mol. The van der Waals surface area contributed by atoms with Crippen LogP contribution in [0.1, 0.15) is 16.8 Å². The minimum absolute atomic E-state index is 0.0211.